The molecule has 0 spiro atoms. The molecule has 3 rings (SSSR count). The SMILES string of the molecule is CC(=O)O[C@@H]1CCC[C@H]2N(C)CC[C@@]12c1ccccc1[N+](=O)[O-]. The summed E-state index contributed by atoms with van der Waals surface area (Å²) in [6.07, 6.45) is 3.17. The summed E-state index contributed by atoms with van der Waals surface area (Å²) in [5.41, 5.74) is 0.361. The van der Waals surface area contributed by atoms with E-state index in [4.69, 9.17) is 4.74 Å². The third kappa shape index (κ3) is 2.51. The van der Waals surface area contributed by atoms with Gasteiger partial charge in [0.25, 0.3) is 5.69 Å². The fraction of sp³-hybridized carbons (Fsp3) is 0.588. The van der Waals surface area contributed by atoms with Gasteiger partial charge in [-0.05, 0) is 39.3 Å². The minimum Gasteiger partial charge on any atom is -0.462 e. The highest BCUT2D eigenvalue weighted by Gasteiger charge is 2.57. The van der Waals surface area contributed by atoms with Crippen LogP contribution in [0.3, 0.4) is 0 Å². The monoisotopic (exact) mass is 318 g/mol. The van der Waals surface area contributed by atoms with Crippen molar-refractivity contribution in [1.29, 1.82) is 0 Å². The van der Waals surface area contributed by atoms with Gasteiger partial charge in [-0.25, -0.2) is 0 Å². The van der Waals surface area contributed by atoms with Crippen LogP contribution >= 0.6 is 0 Å². The van der Waals surface area contributed by atoms with E-state index in [2.05, 4.69) is 11.9 Å². The van der Waals surface area contributed by atoms with Crippen molar-refractivity contribution in [3.8, 4) is 0 Å². The van der Waals surface area contributed by atoms with Crippen LogP contribution < -0.4 is 0 Å². The summed E-state index contributed by atoms with van der Waals surface area (Å²) >= 11 is 0. The van der Waals surface area contributed by atoms with Crippen molar-refractivity contribution in [2.45, 2.75) is 50.2 Å². The van der Waals surface area contributed by atoms with Crippen LogP contribution in [0.1, 0.15) is 38.2 Å². The van der Waals surface area contributed by atoms with Crippen LogP contribution in [0.4, 0.5) is 5.69 Å². The van der Waals surface area contributed by atoms with E-state index >= 15 is 0 Å². The summed E-state index contributed by atoms with van der Waals surface area (Å²) in [6.45, 7) is 2.27. The van der Waals surface area contributed by atoms with Gasteiger partial charge in [0.15, 0.2) is 0 Å². The first-order valence-corrected chi connectivity index (χ1v) is 8.08. The summed E-state index contributed by atoms with van der Waals surface area (Å²) in [5, 5.41) is 11.5. The molecule has 1 aliphatic heterocycles. The number of benzene rings is 1. The van der Waals surface area contributed by atoms with Gasteiger partial charge in [-0.15, -0.1) is 0 Å². The maximum Gasteiger partial charge on any atom is 0.302 e. The quantitative estimate of drug-likeness (QED) is 0.487. The predicted octanol–water partition coefficient (Wildman–Crippen LogP) is 2.65. The molecule has 2 aliphatic rings. The zero-order valence-electron chi connectivity index (χ0n) is 13.5. The van der Waals surface area contributed by atoms with Crippen LogP contribution in [0.25, 0.3) is 0 Å². The number of hydrogen-bond donors (Lipinski definition) is 0. The number of nitrogens with zero attached hydrogens (tertiary/aromatic N) is 2. The van der Waals surface area contributed by atoms with Crippen molar-refractivity contribution < 1.29 is 14.5 Å². The fourth-order valence-electron chi connectivity index (χ4n) is 4.56. The molecular weight excluding hydrogens is 296 g/mol. The zero-order chi connectivity index (χ0) is 16.6. The predicted molar refractivity (Wildman–Crippen MR) is 85.2 cm³/mol. The Hall–Kier alpha value is -1.95. The van der Waals surface area contributed by atoms with Crippen molar-refractivity contribution in [3.05, 3.63) is 39.9 Å². The molecular formula is C17H22N2O4. The van der Waals surface area contributed by atoms with Crippen molar-refractivity contribution in [2.75, 3.05) is 13.6 Å². The molecule has 2 fully saturated rings. The second-order valence-corrected chi connectivity index (χ2v) is 6.59. The fourth-order valence-corrected chi connectivity index (χ4v) is 4.56. The molecule has 0 unspecified atom stereocenters. The highest BCUT2D eigenvalue weighted by Crippen LogP contribution is 2.51. The summed E-state index contributed by atoms with van der Waals surface area (Å²) in [6, 6.07) is 7.09. The molecule has 0 radical (unpaired) electrons. The van der Waals surface area contributed by atoms with Gasteiger partial charge in [0.1, 0.15) is 6.10 Å². The van der Waals surface area contributed by atoms with Gasteiger partial charge in [0.2, 0.25) is 0 Å². The summed E-state index contributed by atoms with van der Waals surface area (Å²) in [4.78, 5) is 25.1. The number of nitro groups is 1. The third-order valence-corrected chi connectivity index (χ3v) is 5.43. The first-order chi connectivity index (χ1) is 11.0. The van der Waals surface area contributed by atoms with E-state index in [1.54, 1.807) is 12.1 Å². The average Bonchev–Trinajstić information content (AvgIpc) is 2.86. The van der Waals surface area contributed by atoms with Crippen LogP contribution in [-0.4, -0.2) is 41.5 Å². The number of fused-ring (bicyclic) bond motifs is 1. The van der Waals surface area contributed by atoms with Gasteiger partial charge in [-0.1, -0.05) is 18.2 Å². The topological polar surface area (TPSA) is 72.7 Å². The molecule has 6 nitrogen and oxygen atoms in total. The number of ether oxygens (including phenoxy) is 1. The Morgan fingerprint density at radius 3 is 2.83 bits per heavy atom. The van der Waals surface area contributed by atoms with Crippen LogP contribution in [0.15, 0.2) is 24.3 Å². The number of rotatable bonds is 3. The van der Waals surface area contributed by atoms with Gasteiger partial charge in [-0.2, -0.15) is 0 Å². The molecule has 0 bridgehead atoms. The van der Waals surface area contributed by atoms with Gasteiger partial charge >= 0.3 is 5.97 Å². The smallest absolute Gasteiger partial charge is 0.302 e. The largest absolute Gasteiger partial charge is 0.462 e. The molecule has 1 saturated carbocycles. The molecule has 0 N–H and O–H groups in total. The van der Waals surface area contributed by atoms with E-state index in [1.807, 2.05) is 12.1 Å². The molecule has 1 aliphatic carbocycles. The lowest BCUT2D eigenvalue weighted by molar-refractivity contribution is -0.386. The van der Waals surface area contributed by atoms with Gasteiger partial charge in [0, 0.05) is 24.6 Å². The minimum absolute atomic E-state index is 0.131. The average molecular weight is 318 g/mol. The lowest BCUT2D eigenvalue weighted by Crippen LogP contribution is -2.53. The van der Waals surface area contributed by atoms with E-state index < -0.39 is 5.41 Å². The molecule has 1 heterocycles. The number of hydrogen-bond acceptors (Lipinski definition) is 5. The third-order valence-electron chi connectivity index (χ3n) is 5.43. The molecule has 0 amide bonds. The maximum atomic E-state index is 11.6. The van der Waals surface area contributed by atoms with E-state index in [0.717, 1.165) is 32.2 Å². The number of carbonyl (C=O) groups excluding carboxylic acids is 1. The Balaban J connectivity index is 2.16. The van der Waals surface area contributed by atoms with Crippen molar-refractivity contribution in [1.82, 2.24) is 4.90 Å². The molecule has 6 heteroatoms. The van der Waals surface area contributed by atoms with Crippen molar-refractivity contribution in [2.24, 2.45) is 0 Å². The highest BCUT2D eigenvalue weighted by atomic mass is 16.6. The minimum atomic E-state index is -0.484. The Morgan fingerprint density at radius 2 is 2.13 bits per heavy atom. The van der Waals surface area contributed by atoms with Gasteiger partial charge in [0.05, 0.1) is 10.3 Å². The number of likely N-dealkylation sites (N-methyl/N-ethyl adjacent to an activating group) is 1. The molecule has 23 heavy (non-hydrogen) atoms. The normalized spacial score (nSPS) is 30.7. The van der Waals surface area contributed by atoms with E-state index in [1.165, 1.54) is 6.92 Å². The molecule has 1 saturated heterocycles. The maximum absolute atomic E-state index is 11.6. The number of esters is 1. The number of para-hydroxylation sites is 1. The Kier molecular flexibility index (Phi) is 4.10. The van der Waals surface area contributed by atoms with Gasteiger partial charge in [-0.3, -0.25) is 14.9 Å². The summed E-state index contributed by atoms with van der Waals surface area (Å²) in [5.74, 6) is -0.317. The van der Waals surface area contributed by atoms with E-state index in [-0.39, 0.29) is 28.7 Å². The van der Waals surface area contributed by atoms with Crippen LogP contribution in [0.2, 0.25) is 0 Å². The summed E-state index contributed by atoms with van der Waals surface area (Å²) in [7, 11) is 2.05. The Morgan fingerprint density at radius 1 is 1.39 bits per heavy atom. The lowest BCUT2D eigenvalue weighted by Gasteiger charge is -2.46. The zero-order valence-corrected chi connectivity index (χ0v) is 13.5. The molecule has 3 atom stereocenters. The summed E-state index contributed by atoms with van der Waals surface area (Å²) < 4.78 is 5.66. The van der Waals surface area contributed by atoms with Crippen LogP contribution in [0, 0.1) is 10.1 Å². The molecule has 1 aromatic rings. The second kappa shape index (κ2) is 5.92. The second-order valence-electron chi connectivity index (χ2n) is 6.59. The Labute approximate surface area is 135 Å². The lowest BCUT2D eigenvalue weighted by atomic mass is 9.63. The number of carbonyl (C=O) groups is 1. The first kappa shape index (κ1) is 15.9. The molecule has 0 aromatic heterocycles. The standard InChI is InChI=1S/C17H22N2O4/c1-12(20)23-16-9-5-8-15-17(16,10-11-18(15)2)13-6-3-4-7-14(13)19(21)22/h3-4,6-7,15-16H,5,8-11H2,1-2H3/t15-,16-,17+/m1/s1. The van der Waals surface area contributed by atoms with Crippen molar-refractivity contribution in [3.63, 3.8) is 0 Å². The van der Waals surface area contributed by atoms with Crippen LogP contribution in [-0.2, 0) is 14.9 Å². The number of nitro benzene ring substituents is 1. The van der Waals surface area contributed by atoms with Gasteiger partial charge < -0.3 is 9.64 Å². The van der Waals surface area contributed by atoms with Crippen LogP contribution in [0.5, 0.6) is 0 Å². The highest BCUT2D eigenvalue weighted by molar-refractivity contribution is 5.66. The van der Waals surface area contributed by atoms with E-state index in [0.29, 0.717) is 5.56 Å². The molecule has 1 aromatic carbocycles. The number of likely N-dealkylation sites (tertiary alicyclic amines) is 1. The Bertz CT molecular complexity index is 633. The van der Waals surface area contributed by atoms with E-state index in [9.17, 15) is 14.9 Å². The van der Waals surface area contributed by atoms with Crippen molar-refractivity contribution >= 4 is 11.7 Å². The first-order valence-electron chi connectivity index (χ1n) is 8.08. The molecule has 124 valence electrons.